The molecule has 1 aliphatic rings. The average molecular weight is 497 g/mol. The summed E-state index contributed by atoms with van der Waals surface area (Å²) < 4.78 is 13.0. The van der Waals surface area contributed by atoms with Gasteiger partial charge >= 0.3 is 6.03 Å². The van der Waals surface area contributed by atoms with Gasteiger partial charge < -0.3 is 10.6 Å². The topological polar surface area (TPSA) is 90.5 Å². The Bertz CT molecular complexity index is 1480. The number of aryl methyl sites for hydroxylation is 1. The van der Waals surface area contributed by atoms with Crippen LogP contribution in [0.5, 0.6) is 0 Å². The fourth-order valence-corrected chi connectivity index (χ4v) is 4.25. The third kappa shape index (κ3) is 4.97. The molecule has 3 amide bonds. The van der Waals surface area contributed by atoms with E-state index in [0.29, 0.717) is 34.9 Å². The molecule has 2 aromatic heterocycles. The van der Waals surface area contributed by atoms with Crippen LogP contribution in [-0.2, 0) is 13.2 Å². The first-order valence-corrected chi connectivity index (χ1v) is 11.7. The van der Waals surface area contributed by atoms with Gasteiger partial charge in [0.1, 0.15) is 12.5 Å². The molecule has 2 aromatic carbocycles. The molecule has 9 heteroatoms. The third-order valence-electron chi connectivity index (χ3n) is 6.20. The number of carbonyl (C=O) groups is 2. The molecule has 8 nitrogen and oxygen atoms in total. The van der Waals surface area contributed by atoms with E-state index in [4.69, 9.17) is 0 Å². The van der Waals surface area contributed by atoms with E-state index >= 15 is 0 Å². The number of alkyl halides is 1. The first kappa shape index (κ1) is 23.9. The molecular weight excluding hydrogens is 471 g/mol. The summed E-state index contributed by atoms with van der Waals surface area (Å²) in [5.74, 6) is 0.257. The number of halogens is 1. The molecule has 186 valence electrons. The van der Waals surface area contributed by atoms with Crippen LogP contribution in [0, 0.1) is 6.92 Å². The van der Waals surface area contributed by atoms with Crippen LogP contribution in [0.15, 0.2) is 79.3 Å². The summed E-state index contributed by atoms with van der Waals surface area (Å²) >= 11 is 0. The van der Waals surface area contributed by atoms with Crippen LogP contribution in [0.3, 0.4) is 0 Å². The number of fused-ring (bicyclic) bond motifs is 1. The summed E-state index contributed by atoms with van der Waals surface area (Å²) in [5.41, 5.74) is 5.33. The molecule has 0 unspecified atom stereocenters. The van der Waals surface area contributed by atoms with Crippen molar-refractivity contribution < 1.29 is 14.0 Å². The molecule has 0 saturated heterocycles. The molecule has 37 heavy (non-hydrogen) atoms. The SMILES string of the molecule is Cc1ccc(NC(=O)c2cccc(CF)c2)cc1N1Cc2cnc(Nc3cccnc3)cc2N(C)C1=O. The first-order chi connectivity index (χ1) is 17.9. The Morgan fingerprint density at radius 1 is 1.03 bits per heavy atom. The number of anilines is 5. The van der Waals surface area contributed by atoms with Gasteiger partial charge in [-0.05, 0) is 54.4 Å². The molecule has 0 bridgehead atoms. The predicted octanol–water partition coefficient (Wildman–Crippen LogP) is 5.83. The van der Waals surface area contributed by atoms with Gasteiger partial charge in [0.15, 0.2) is 0 Å². The lowest BCUT2D eigenvalue weighted by Crippen LogP contribution is -2.45. The summed E-state index contributed by atoms with van der Waals surface area (Å²) in [6.45, 7) is 1.60. The Hall–Kier alpha value is -4.79. The number of hydrogen-bond acceptors (Lipinski definition) is 5. The quantitative estimate of drug-likeness (QED) is 0.351. The minimum absolute atomic E-state index is 0.201. The molecule has 0 radical (unpaired) electrons. The molecule has 0 saturated carbocycles. The lowest BCUT2D eigenvalue weighted by Gasteiger charge is -2.36. The Labute approximate surface area is 213 Å². The van der Waals surface area contributed by atoms with Crippen LogP contribution in [-0.4, -0.2) is 29.0 Å². The highest BCUT2D eigenvalue weighted by atomic mass is 19.1. The second kappa shape index (κ2) is 10.1. The smallest absolute Gasteiger partial charge is 0.329 e. The third-order valence-corrected chi connectivity index (χ3v) is 6.20. The standard InChI is InChI=1S/C28H25FN6O2/c1-18-8-9-22(33-27(36)20-6-3-5-19(11-20)14-29)12-24(18)35-17-21-15-31-26(13-25(21)34(2)28(35)37)32-23-7-4-10-30-16-23/h3-13,15-16H,14,17H2,1-2H3,(H,31,32)(H,33,36). The Morgan fingerprint density at radius 2 is 1.89 bits per heavy atom. The molecule has 3 heterocycles. The predicted molar refractivity (Wildman–Crippen MR) is 142 cm³/mol. The number of nitrogens with one attached hydrogen (secondary N) is 2. The number of nitrogens with zero attached hydrogens (tertiary/aromatic N) is 4. The maximum absolute atomic E-state index is 13.4. The fourth-order valence-electron chi connectivity index (χ4n) is 4.25. The van der Waals surface area contributed by atoms with Gasteiger partial charge in [0, 0.05) is 42.3 Å². The second-order valence-corrected chi connectivity index (χ2v) is 8.78. The van der Waals surface area contributed by atoms with E-state index in [1.165, 1.54) is 6.07 Å². The normalized spacial score (nSPS) is 12.8. The molecule has 0 atom stereocenters. The Kier molecular flexibility index (Phi) is 6.51. The monoisotopic (exact) mass is 496 g/mol. The van der Waals surface area contributed by atoms with Crippen molar-refractivity contribution in [3.63, 3.8) is 0 Å². The van der Waals surface area contributed by atoms with Crippen LogP contribution in [0.4, 0.5) is 37.8 Å². The van der Waals surface area contributed by atoms with Crippen molar-refractivity contribution in [3.05, 3.63) is 102 Å². The number of pyridine rings is 2. The van der Waals surface area contributed by atoms with E-state index in [9.17, 15) is 14.0 Å². The maximum atomic E-state index is 13.4. The summed E-state index contributed by atoms with van der Waals surface area (Å²) in [6.07, 6.45) is 5.14. The van der Waals surface area contributed by atoms with Crippen LogP contribution < -0.4 is 20.4 Å². The van der Waals surface area contributed by atoms with Crippen LogP contribution in [0.25, 0.3) is 0 Å². The number of benzene rings is 2. The van der Waals surface area contributed by atoms with Gasteiger partial charge in [-0.25, -0.2) is 14.2 Å². The van der Waals surface area contributed by atoms with Gasteiger partial charge in [-0.2, -0.15) is 0 Å². The highest BCUT2D eigenvalue weighted by molar-refractivity contribution is 6.08. The highest BCUT2D eigenvalue weighted by Crippen LogP contribution is 2.35. The van der Waals surface area contributed by atoms with Gasteiger partial charge in [-0.3, -0.25) is 19.6 Å². The van der Waals surface area contributed by atoms with Crippen molar-refractivity contribution in [2.45, 2.75) is 20.1 Å². The molecule has 0 fully saturated rings. The Morgan fingerprint density at radius 3 is 2.68 bits per heavy atom. The number of amides is 3. The largest absolute Gasteiger partial charge is 0.339 e. The highest BCUT2D eigenvalue weighted by Gasteiger charge is 2.30. The average Bonchev–Trinajstić information content (AvgIpc) is 2.92. The molecule has 2 N–H and O–H groups in total. The maximum Gasteiger partial charge on any atom is 0.329 e. The zero-order chi connectivity index (χ0) is 25.9. The summed E-state index contributed by atoms with van der Waals surface area (Å²) in [7, 11) is 1.72. The van der Waals surface area contributed by atoms with E-state index in [-0.39, 0.29) is 11.9 Å². The van der Waals surface area contributed by atoms with Gasteiger partial charge in [-0.15, -0.1) is 0 Å². The van der Waals surface area contributed by atoms with Gasteiger partial charge in [0.2, 0.25) is 0 Å². The van der Waals surface area contributed by atoms with E-state index in [2.05, 4.69) is 20.6 Å². The lowest BCUT2D eigenvalue weighted by molar-refractivity contribution is 0.102. The van der Waals surface area contributed by atoms with Crippen LogP contribution in [0.1, 0.15) is 27.0 Å². The van der Waals surface area contributed by atoms with Crippen molar-refractivity contribution in [3.8, 4) is 0 Å². The molecule has 5 rings (SSSR count). The van der Waals surface area contributed by atoms with Crippen molar-refractivity contribution in [2.75, 3.05) is 27.5 Å². The Balaban J connectivity index is 1.39. The zero-order valence-corrected chi connectivity index (χ0v) is 20.4. The van der Waals surface area contributed by atoms with Crippen LogP contribution in [0.2, 0.25) is 0 Å². The van der Waals surface area contributed by atoms with Gasteiger partial charge in [0.05, 0.1) is 29.8 Å². The van der Waals surface area contributed by atoms with E-state index in [1.807, 2.05) is 31.2 Å². The molecular formula is C28H25FN6O2. The van der Waals surface area contributed by atoms with E-state index in [0.717, 1.165) is 22.5 Å². The minimum Gasteiger partial charge on any atom is -0.339 e. The van der Waals surface area contributed by atoms with E-state index in [1.54, 1.807) is 65.8 Å². The number of carbonyl (C=O) groups excluding carboxylic acids is 2. The summed E-state index contributed by atoms with van der Waals surface area (Å²) in [5, 5.41) is 6.05. The number of hydrogen-bond donors (Lipinski definition) is 2. The van der Waals surface area contributed by atoms with Crippen molar-refractivity contribution in [2.24, 2.45) is 0 Å². The molecule has 0 spiro atoms. The van der Waals surface area contributed by atoms with Crippen molar-refractivity contribution >= 4 is 40.5 Å². The van der Waals surface area contributed by atoms with Gasteiger partial charge in [-0.1, -0.05) is 18.2 Å². The number of aromatic nitrogens is 2. The van der Waals surface area contributed by atoms with E-state index < -0.39 is 6.67 Å². The summed E-state index contributed by atoms with van der Waals surface area (Å²) in [6, 6.07) is 17.2. The molecule has 1 aliphatic heterocycles. The first-order valence-electron chi connectivity index (χ1n) is 11.7. The number of urea groups is 1. The summed E-state index contributed by atoms with van der Waals surface area (Å²) in [4.78, 5) is 38.0. The second-order valence-electron chi connectivity index (χ2n) is 8.78. The zero-order valence-electron chi connectivity index (χ0n) is 20.4. The van der Waals surface area contributed by atoms with Gasteiger partial charge in [0.25, 0.3) is 5.91 Å². The van der Waals surface area contributed by atoms with Crippen LogP contribution >= 0.6 is 0 Å². The van der Waals surface area contributed by atoms with Crippen molar-refractivity contribution in [1.29, 1.82) is 0 Å². The van der Waals surface area contributed by atoms with Crippen molar-refractivity contribution in [1.82, 2.24) is 9.97 Å². The number of rotatable bonds is 6. The fraction of sp³-hybridized carbons (Fsp3) is 0.143. The molecule has 4 aromatic rings. The molecule has 0 aliphatic carbocycles. The lowest BCUT2D eigenvalue weighted by atomic mass is 10.1. The minimum atomic E-state index is -0.641.